The standard InChI is InChI=1S/C26H26F3N5O4/c1-38-24(37)26-7-4-25(5-8-26,6-9-26)14-31-23(36)20-11-19(33-21-18(29)13-32-34(20)21)22(35)30-12-15-2-3-16(27)17(28)10-15/h2-3,10-11,13H,4-9,12,14H2,1H3,(H,30,35)(H,31,36). The van der Waals surface area contributed by atoms with Gasteiger partial charge in [-0.1, -0.05) is 6.07 Å². The molecule has 0 unspecified atom stereocenters. The molecule has 0 spiro atoms. The third kappa shape index (κ3) is 4.59. The molecule has 3 saturated carbocycles. The van der Waals surface area contributed by atoms with E-state index in [1.54, 1.807) is 0 Å². The molecule has 0 aliphatic heterocycles. The van der Waals surface area contributed by atoms with Gasteiger partial charge in [0.2, 0.25) is 0 Å². The summed E-state index contributed by atoms with van der Waals surface area (Å²) in [5.41, 5.74) is -0.900. The van der Waals surface area contributed by atoms with Crippen LogP contribution in [0.25, 0.3) is 5.65 Å². The zero-order valence-corrected chi connectivity index (χ0v) is 20.7. The fourth-order valence-electron chi connectivity index (χ4n) is 5.55. The quantitative estimate of drug-likeness (QED) is 0.454. The molecule has 9 nitrogen and oxygen atoms in total. The van der Waals surface area contributed by atoms with Gasteiger partial charge < -0.3 is 15.4 Å². The average molecular weight is 530 g/mol. The lowest BCUT2D eigenvalue weighted by Crippen LogP contribution is -2.50. The van der Waals surface area contributed by atoms with Crippen LogP contribution in [0.1, 0.15) is 65.1 Å². The molecule has 12 heteroatoms. The van der Waals surface area contributed by atoms with Crippen LogP contribution in [0.15, 0.2) is 30.5 Å². The van der Waals surface area contributed by atoms with Gasteiger partial charge in [-0.2, -0.15) is 5.10 Å². The van der Waals surface area contributed by atoms with E-state index in [-0.39, 0.29) is 35.0 Å². The first kappa shape index (κ1) is 25.7. The maximum Gasteiger partial charge on any atom is 0.311 e. The maximum atomic E-state index is 14.4. The topological polar surface area (TPSA) is 115 Å². The molecule has 2 heterocycles. The lowest BCUT2D eigenvalue weighted by molar-refractivity contribution is -0.162. The van der Waals surface area contributed by atoms with Crippen LogP contribution in [0.2, 0.25) is 0 Å². The monoisotopic (exact) mass is 529 g/mol. The minimum absolute atomic E-state index is 0.0798. The number of benzene rings is 1. The van der Waals surface area contributed by atoms with Crippen LogP contribution < -0.4 is 10.6 Å². The SMILES string of the molecule is COC(=O)C12CCC(CNC(=O)c3cc(C(=O)NCc4ccc(F)c(F)c4)nc4c(F)cnn34)(CC1)CC2. The Morgan fingerprint density at radius 2 is 1.66 bits per heavy atom. The van der Waals surface area contributed by atoms with Crippen molar-refractivity contribution in [1.82, 2.24) is 25.2 Å². The van der Waals surface area contributed by atoms with Gasteiger partial charge in [-0.3, -0.25) is 14.4 Å². The zero-order chi connectivity index (χ0) is 27.1. The summed E-state index contributed by atoms with van der Waals surface area (Å²) in [4.78, 5) is 42.3. The highest BCUT2D eigenvalue weighted by Gasteiger charge is 2.53. The normalized spacial score (nSPS) is 22.3. The van der Waals surface area contributed by atoms with Crippen molar-refractivity contribution in [3.05, 3.63) is 64.9 Å². The fourth-order valence-corrected chi connectivity index (χ4v) is 5.55. The van der Waals surface area contributed by atoms with Gasteiger partial charge in [0.1, 0.15) is 11.4 Å². The number of halogens is 3. The molecule has 2 N–H and O–H groups in total. The third-order valence-electron chi connectivity index (χ3n) is 7.98. The second-order valence-corrected chi connectivity index (χ2v) is 10.1. The molecule has 0 radical (unpaired) electrons. The Morgan fingerprint density at radius 1 is 0.947 bits per heavy atom. The molecule has 0 atom stereocenters. The number of nitrogens with one attached hydrogen (secondary N) is 2. The molecule has 38 heavy (non-hydrogen) atoms. The lowest BCUT2D eigenvalue weighted by Gasteiger charge is -2.51. The van der Waals surface area contributed by atoms with Crippen molar-refractivity contribution in [3.63, 3.8) is 0 Å². The van der Waals surface area contributed by atoms with Crippen molar-refractivity contribution < 1.29 is 32.3 Å². The molecule has 3 aliphatic carbocycles. The van der Waals surface area contributed by atoms with Gasteiger partial charge in [0.05, 0.1) is 18.7 Å². The first-order chi connectivity index (χ1) is 18.2. The molecule has 3 aromatic rings. The number of carbonyl (C=O) groups excluding carboxylic acids is 3. The summed E-state index contributed by atoms with van der Waals surface area (Å²) in [5, 5.41) is 9.30. The summed E-state index contributed by atoms with van der Waals surface area (Å²) in [6.07, 6.45) is 5.28. The number of fused-ring (bicyclic) bond motifs is 4. The van der Waals surface area contributed by atoms with Crippen molar-refractivity contribution in [1.29, 1.82) is 0 Å². The van der Waals surface area contributed by atoms with Crippen LogP contribution in [0.4, 0.5) is 13.2 Å². The van der Waals surface area contributed by atoms with Gasteiger partial charge in [0, 0.05) is 19.2 Å². The van der Waals surface area contributed by atoms with Crippen molar-refractivity contribution in [2.45, 2.75) is 45.1 Å². The van der Waals surface area contributed by atoms with Gasteiger partial charge in [-0.15, -0.1) is 0 Å². The van der Waals surface area contributed by atoms with Gasteiger partial charge in [-0.25, -0.2) is 22.7 Å². The molecule has 3 fully saturated rings. The molecule has 200 valence electrons. The molecule has 2 aromatic heterocycles. The Labute approximate surface area is 215 Å². The second-order valence-electron chi connectivity index (χ2n) is 10.1. The molecule has 3 aliphatic rings. The van der Waals surface area contributed by atoms with E-state index in [1.807, 2.05) is 0 Å². The van der Waals surface area contributed by atoms with E-state index < -0.39 is 34.7 Å². The summed E-state index contributed by atoms with van der Waals surface area (Å²) in [6, 6.07) is 4.42. The first-order valence-corrected chi connectivity index (χ1v) is 12.3. The highest BCUT2D eigenvalue weighted by atomic mass is 19.2. The van der Waals surface area contributed by atoms with Crippen molar-refractivity contribution in [2.75, 3.05) is 13.7 Å². The Hall–Kier alpha value is -3.96. The Balaban J connectivity index is 1.31. The van der Waals surface area contributed by atoms with Crippen LogP contribution in [0.3, 0.4) is 0 Å². The zero-order valence-electron chi connectivity index (χ0n) is 20.7. The average Bonchev–Trinajstić information content (AvgIpc) is 3.32. The minimum Gasteiger partial charge on any atom is -0.469 e. The van der Waals surface area contributed by atoms with Crippen LogP contribution in [-0.2, 0) is 16.1 Å². The highest BCUT2D eigenvalue weighted by Crippen LogP contribution is 2.57. The predicted molar refractivity (Wildman–Crippen MR) is 127 cm³/mol. The smallest absolute Gasteiger partial charge is 0.311 e. The van der Waals surface area contributed by atoms with E-state index >= 15 is 0 Å². The summed E-state index contributed by atoms with van der Waals surface area (Å²) in [6.45, 7) is 0.218. The molecule has 0 saturated heterocycles. The molecule has 1 aromatic carbocycles. The number of carbonyl (C=O) groups is 3. The number of rotatable bonds is 7. The van der Waals surface area contributed by atoms with E-state index in [9.17, 15) is 27.6 Å². The number of ether oxygens (including phenoxy) is 1. The van der Waals surface area contributed by atoms with Crippen molar-refractivity contribution in [3.8, 4) is 0 Å². The lowest BCUT2D eigenvalue weighted by atomic mass is 9.53. The Kier molecular flexibility index (Phi) is 6.58. The van der Waals surface area contributed by atoms with Crippen LogP contribution in [0.5, 0.6) is 0 Å². The summed E-state index contributed by atoms with van der Waals surface area (Å²) >= 11 is 0. The Bertz CT molecular complexity index is 1420. The fraction of sp³-hybridized carbons (Fsp3) is 0.423. The van der Waals surface area contributed by atoms with Gasteiger partial charge in [-0.05, 0) is 61.6 Å². The number of nitrogens with zero attached hydrogens (tertiary/aromatic N) is 3. The summed E-state index contributed by atoms with van der Waals surface area (Å²) in [5.74, 6) is -4.34. The van der Waals surface area contributed by atoms with E-state index in [0.29, 0.717) is 31.4 Å². The molecular formula is C26H26F3N5O4. The van der Waals surface area contributed by atoms with Crippen LogP contribution in [-0.4, -0.2) is 46.0 Å². The van der Waals surface area contributed by atoms with Gasteiger partial charge in [0.25, 0.3) is 11.8 Å². The maximum absolute atomic E-state index is 14.4. The number of esters is 1. The predicted octanol–water partition coefficient (Wildman–Crippen LogP) is 3.32. The van der Waals surface area contributed by atoms with Gasteiger partial charge in [0.15, 0.2) is 23.1 Å². The third-order valence-corrected chi connectivity index (χ3v) is 7.98. The summed E-state index contributed by atoms with van der Waals surface area (Å²) in [7, 11) is 1.40. The van der Waals surface area contributed by atoms with E-state index in [4.69, 9.17) is 4.74 Å². The van der Waals surface area contributed by atoms with Crippen LogP contribution >= 0.6 is 0 Å². The first-order valence-electron chi connectivity index (χ1n) is 12.3. The molecular weight excluding hydrogens is 503 g/mol. The molecule has 2 amide bonds. The van der Waals surface area contributed by atoms with E-state index in [1.165, 1.54) is 19.2 Å². The van der Waals surface area contributed by atoms with E-state index in [0.717, 1.165) is 42.1 Å². The van der Waals surface area contributed by atoms with E-state index in [2.05, 4.69) is 20.7 Å². The minimum atomic E-state index is -1.05. The molecule has 2 bridgehead atoms. The van der Waals surface area contributed by atoms with Crippen molar-refractivity contribution >= 4 is 23.4 Å². The Morgan fingerprint density at radius 3 is 2.32 bits per heavy atom. The van der Waals surface area contributed by atoms with Crippen molar-refractivity contribution in [2.24, 2.45) is 10.8 Å². The van der Waals surface area contributed by atoms with Crippen LogP contribution in [0, 0.1) is 28.3 Å². The second kappa shape index (κ2) is 9.73. The van der Waals surface area contributed by atoms with Gasteiger partial charge >= 0.3 is 5.97 Å². The number of amides is 2. The largest absolute Gasteiger partial charge is 0.469 e. The highest BCUT2D eigenvalue weighted by molar-refractivity contribution is 5.98. The number of hydrogen-bond acceptors (Lipinski definition) is 6. The number of aromatic nitrogens is 3. The molecule has 6 rings (SSSR count). The summed E-state index contributed by atoms with van der Waals surface area (Å²) < 4.78 is 47.0. The number of hydrogen-bond donors (Lipinski definition) is 2. The number of methoxy groups -OCH3 is 1.